The van der Waals surface area contributed by atoms with Crippen LogP contribution in [0.15, 0.2) is 182 Å². The van der Waals surface area contributed by atoms with E-state index < -0.39 is 199 Å². The van der Waals surface area contributed by atoms with Crippen LogP contribution in [-0.2, 0) is 64.4 Å². The Morgan fingerprint density at radius 1 is 0.510 bits per heavy atom. The molecule has 4 aliphatic rings. The van der Waals surface area contributed by atoms with E-state index in [0.29, 0.717) is 22.5 Å². The number of fused-ring (bicyclic) bond motifs is 6. The molecule has 0 radical (unpaired) electrons. The van der Waals surface area contributed by atoms with Crippen LogP contribution in [0, 0.1) is 18.5 Å². The minimum atomic E-state index is -4.89. The molecule has 0 fully saturated rings. The molecular weight excluding hydrogens is 1370 g/mol. The maximum absolute atomic E-state index is 10.8. The van der Waals surface area contributed by atoms with Crippen molar-refractivity contribution in [3.63, 3.8) is 0 Å². The van der Waals surface area contributed by atoms with Crippen molar-refractivity contribution >= 4 is 32.8 Å². The number of hydrogen-bond acceptors (Lipinski definition) is 2. The maximum atomic E-state index is 10.8. The van der Waals surface area contributed by atoms with Crippen molar-refractivity contribution in [1.82, 2.24) is 14.1 Å². The van der Waals surface area contributed by atoms with Crippen molar-refractivity contribution in [2.75, 3.05) is 0 Å². The molecule has 3 heterocycles. The molecular formula is C92H94N4OPt-2. The Morgan fingerprint density at radius 3 is 1.68 bits per heavy atom. The third-order valence-corrected chi connectivity index (χ3v) is 20.4. The van der Waals surface area contributed by atoms with Gasteiger partial charge in [-0.15, -0.1) is 29.7 Å². The van der Waals surface area contributed by atoms with Crippen molar-refractivity contribution < 1.29 is 82.5 Å². The van der Waals surface area contributed by atoms with E-state index in [1.54, 1.807) is 42.6 Å². The second-order valence-electron chi connectivity index (χ2n) is 29.1. The van der Waals surface area contributed by atoms with Gasteiger partial charge in [-0.3, -0.25) is 4.57 Å². The van der Waals surface area contributed by atoms with Gasteiger partial charge in [-0.25, -0.2) is 4.98 Å². The quantitative estimate of drug-likeness (QED) is 0.107. The summed E-state index contributed by atoms with van der Waals surface area (Å²) < 4.78 is 373. The molecule has 16 rings (SSSR count). The number of ether oxygens (including phenoxy) is 1. The molecule has 9 aromatic carbocycles. The number of nitrogens with zero attached hydrogens (tertiary/aromatic N) is 4. The van der Waals surface area contributed by atoms with Crippen molar-refractivity contribution in [1.29, 1.82) is 0 Å². The minimum absolute atomic E-state index is 0. The Labute approximate surface area is 650 Å². The number of aromatic nitrogens is 4. The summed E-state index contributed by atoms with van der Waals surface area (Å²) in [4.78, 5) is 4.89. The molecule has 0 spiro atoms. The van der Waals surface area contributed by atoms with E-state index in [4.69, 9.17) is 26.2 Å². The second kappa shape index (κ2) is 23.0. The van der Waals surface area contributed by atoms with Crippen LogP contribution in [-0.4, -0.2) is 14.1 Å². The topological polar surface area (TPSA) is 35.9 Å². The SMILES string of the molecule is [2H]c1c([2H])c2c(c([2H])c1-c1cccc(-c3c([2H])c([2H])c4c(c3[2H])C(C([2H])([2H])[2H])(C([2H])([2H])[2H])C([2H])([2H])C([2H])([2H])C4(C([2H])([2H])[2H])C([2H])([2H])[2H])c1-[n+]1[c-]n(-c3[c-]c(Oc4[c-]c5c(cc4)c4cc(-c6ccccc6)ccc4n5-c4cc(C(C)(C)C)ccn4)ccc3)c3ccc(-c4cc5c6c(c4)C(C)(C)CCC6(C)CCC5(C)C)cc31)C(C([2H])([2H])[2H])(C([2H])([2H])[2H])C([2H])([2H])C([2H])([2H])C2(C([2H])([2H])[2H])C([2H])([2H])[2H].[Pt]. The van der Waals surface area contributed by atoms with Gasteiger partial charge < -0.3 is 13.9 Å². The van der Waals surface area contributed by atoms with Crippen molar-refractivity contribution in [3.05, 3.63) is 245 Å². The van der Waals surface area contributed by atoms with Gasteiger partial charge in [0.05, 0.1) is 24.9 Å². The summed E-state index contributed by atoms with van der Waals surface area (Å²) in [7, 11) is 0. The molecule has 0 amide bonds. The summed E-state index contributed by atoms with van der Waals surface area (Å²) in [5.74, 6) is 0.639. The Kier molecular flexibility index (Phi) is 8.27. The summed E-state index contributed by atoms with van der Waals surface area (Å²) in [6.45, 7) is -19.8. The summed E-state index contributed by atoms with van der Waals surface area (Å²) >= 11 is 0. The van der Waals surface area contributed by atoms with Crippen LogP contribution in [0.2, 0.25) is 0 Å². The molecule has 0 saturated heterocycles. The zero-order valence-corrected chi connectivity index (χ0v) is 57.5. The maximum Gasteiger partial charge on any atom is 0.268 e. The molecule has 0 saturated carbocycles. The van der Waals surface area contributed by atoms with Gasteiger partial charge in [0, 0.05) is 88.1 Å². The van der Waals surface area contributed by atoms with Gasteiger partial charge >= 0.3 is 0 Å². The van der Waals surface area contributed by atoms with Crippen molar-refractivity contribution in [2.24, 2.45) is 0 Å². The fourth-order valence-corrected chi connectivity index (χ4v) is 14.8. The number of rotatable bonds is 9. The fourth-order valence-electron chi connectivity index (χ4n) is 14.8. The Hall–Kier alpha value is -8.11. The molecule has 0 atom stereocenters. The summed E-state index contributed by atoms with van der Waals surface area (Å²) in [6, 6.07) is 36.0. The van der Waals surface area contributed by atoms with Gasteiger partial charge in [-0.2, -0.15) is 18.2 Å². The van der Waals surface area contributed by atoms with Gasteiger partial charge in [0.1, 0.15) is 5.82 Å². The minimum Gasteiger partial charge on any atom is -0.510 e. The molecule has 98 heavy (non-hydrogen) atoms. The number of pyridine rings is 1. The van der Waals surface area contributed by atoms with Crippen LogP contribution in [0.1, 0.15) is 258 Å². The van der Waals surface area contributed by atoms with Crippen molar-refractivity contribution in [2.45, 2.75) is 205 Å². The largest absolute Gasteiger partial charge is 0.510 e. The second-order valence-corrected chi connectivity index (χ2v) is 29.1. The first-order chi connectivity index (χ1) is 61.6. The fraction of sp³-hybridized carbons (Fsp3) is 0.348. The van der Waals surface area contributed by atoms with Crippen molar-refractivity contribution in [3.8, 4) is 73.2 Å². The molecule has 500 valence electrons. The third kappa shape index (κ3) is 10.9. The van der Waals surface area contributed by atoms with Gasteiger partial charge in [-0.1, -0.05) is 237 Å². The summed E-state index contributed by atoms with van der Waals surface area (Å²) in [5.41, 5.74) is -25.4. The van der Waals surface area contributed by atoms with Crippen LogP contribution in [0.3, 0.4) is 0 Å². The molecule has 0 bridgehead atoms. The van der Waals surface area contributed by atoms with E-state index in [1.807, 2.05) is 77.4 Å². The van der Waals surface area contributed by atoms with E-state index in [0.717, 1.165) is 98.1 Å². The first-order valence-corrected chi connectivity index (χ1v) is 32.5. The number of benzene rings is 9. The van der Waals surface area contributed by atoms with E-state index >= 15 is 0 Å². The zero-order valence-electron chi connectivity index (χ0n) is 93.2. The Balaban J connectivity index is 0.0000141. The standard InChI is InChI=1S/C92H94N4O.Pt/c1-85(2,3)64-38-47-93-82(54-64)96-78-36-30-59(58-22-18-17-19-23-58)48-71(78)70-33-32-67(56-80(70)96)97-66-25-20-24-65(55-66)94-57-95(81-53-60(31-37-79(81)94)63-51-76-83-77(52-63)91(14,15)44-46-92(83,16)45-43-90(76,12)13)84-68(61-28-34-72-74(49-61)88(8,9)41-39-86(72,4)5)26-21-27-69(84)62-29-35-73-75(50-62)89(10,11)42-40-87(73,6)7;/h17-38,47-54H,39-46H2,1-16H3;/q-2;/i4D3,5D3,6D3,7D3,8D3,9D3,10D3,11D3,28D,29D,34D,35D,39D2,40D2,41D2,42D2,49D,50D;. The number of para-hydroxylation sites is 1. The van der Waals surface area contributed by atoms with Gasteiger partial charge in [0.2, 0.25) is 0 Å². The molecule has 12 aromatic rings. The summed E-state index contributed by atoms with van der Waals surface area (Å²) in [6.07, 6.45) is -11.3. The van der Waals surface area contributed by atoms with Gasteiger partial charge in [0.25, 0.3) is 6.33 Å². The van der Waals surface area contributed by atoms with Crippen LogP contribution < -0.4 is 9.30 Å². The molecule has 6 heteroatoms. The molecule has 0 aliphatic heterocycles. The predicted molar refractivity (Wildman–Crippen MR) is 403 cm³/mol. The molecule has 3 aromatic heterocycles. The van der Waals surface area contributed by atoms with Crippen LogP contribution in [0.5, 0.6) is 11.5 Å². The van der Waals surface area contributed by atoms with E-state index in [1.165, 1.54) is 10.6 Å². The monoisotopic (exact) mass is 1500 g/mol. The average molecular weight is 1510 g/mol. The normalized spacial score (nSPS) is 26.9. The number of hydrogen-bond donors (Lipinski definition) is 0. The predicted octanol–water partition coefficient (Wildman–Crippen LogP) is 23.7. The average Bonchev–Trinajstić information content (AvgIpc) is 0.727. The van der Waals surface area contributed by atoms with Crippen LogP contribution >= 0.6 is 0 Å². The molecule has 4 aliphatic carbocycles. The van der Waals surface area contributed by atoms with E-state index in [2.05, 4.69) is 79.9 Å². The first-order valence-electron chi connectivity index (χ1n) is 51.5. The van der Waals surface area contributed by atoms with Crippen LogP contribution in [0.4, 0.5) is 0 Å². The van der Waals surface area contributed by atoms with E-state index in [-0.39, 0.29) is 60.1 Å². The Morgan fingerprint density at radius 2 is 1.08 bits per heavy atom. The van der Waals surface area contributed by atoms with Gasteiger partial charge in [-0.05, 0) is 219 Å². The third-order valence-electron chi connectivity index (χ3n) is 20.4. The molecule has 0 N–H and O–H groups in total. The Bertz CT molecular complexity index is 6660. The molecule has 5 nitrogen and oxygen atoms in total. The van der Waals surface area contributed by atoms with Crippen LogP contribution in [0.25, 0.3) is 94.5 Å². The molecule has 0 unspecified atom stereocenters. The van der Waals surface area contributed by atoms with Gasteiger partial charge in [0.15, 0.2) is 0 Å². The van der Waals surface area contributed by atoms with E-state index in [9.17, 15) is 35.6 Å². The summed E-state index contributed by atoms with van der Waals surface area (Å²) in [5, 5.41) is 1.58. The number of imidazole rings is 1. The smallest absolute Gasteiger partial charge is 0.268 e. The first kappa shape index (κ1) is 35.3. The zero-order chi connectivity index (χ0) is 100.